The van der Waals surface area contributed by atoms with Crippen molar-refractivity contribution in [1.29, 1.82) is 0 Å². The molecule has 4 aromatic carbocycles. The fourth-order valence-corrected chi connectivity index (χ4v) is 5.83. The van der Waals surface area contributed by atoms with E-state index in [1.165, 1.54) is 11.3 Å². The summed E-state index contributed by atoms with van der Waals surface area (Å²) in [7, 11) is 0. The highest BCUT2D eigenvalue weighted by Crippen LogP contribution is 2.30. The van der Waals surface area contributed by atoms with Gasteiger partial charge in [-0.25, -0.2) is 24.4 Å². The molecule has 10 nitrogen and oxygen atoms in total. The van der Waals surface area contributed by atoms with Crippen LogP contribution in [0.25, 0.3) is 10.2 Å². The van der Waals surface area contributed by atoms with Gasteiger partial charge in [-0.3, -0.25) is 0 Å². The number of ether oxygens (including phenoxy) is 4. The van der Waals surface area contributed by atoms with Crippen molar-refractivity contribution in [2.24, 2.45) is 5.10 Å². The Morgan fingerprint density at radius 3 is 2.33 bits per heavy atom. The molecule has 0 spiro atoms. The molecule has 11 heteroatoms. The number of carbonyl (C=O) groups is 3. The van der Waals surface area contributed by atoms with E-state index >= 15 is 0 Å². The van der Waals surface area contributed by atoms with E-state index in [1.807, 2.05) is 55.3 Å². The minimum absolute atomic E-state index is 0.208. The Kier molecular flexibility index (Phi) is 12.7. The van der Waals surface area contributed by atoms with Gasteiger partial charge in [0.2, 0.25) is 5.13 Å². The second kappa shape index (κ2) is 17.7. The van der Waals surface area contributed by atoms with Crippen LogP contribution in [0.5, 0.6) is 17.2 Å². The topological polar surface area (TPSA) is 117 Å². The zero-order valence-corrected chi connectivity index (χ0v) is 29.6. The van der Waals surface area contributed by atoms with E-state index in [9.17, 15) is 14.4 Å². The van der Waals surface area contributed by atoms with Crippen LogP contribution in [-0.2, 0) is 9.53 Å². The van der Waals surface area contributed by atoms with Gasteiger partial charge >= 0.3 is 17.9 Å². The first-order valence-corrected chi connectivity index (χ1v) is 17.4. The van der Waals surface area contributed by atoms with Gasteiger partial charge in [-0.05, 0) is 86.5 Å². The Hall–Kier alpha value is -5.81. The molecule has 0 bridgehead atoms. The van der Waals surface area contributed by atoms with Crippen LogP contribution in [0, 0.1) is 13.8 Å². The van der Waals surface area contributed by atoms with Crippen LogP contribution >= 0.6 is 11.3 Å². The molecule has 0 saturated carbocycles. The number of benzene rings is 4. The van der Waals surface area contributed by atoms with Crippen LogP contribution < -0.4 is 19.2 Å². The molecule has 0 fully saturated rings. The predicted molar refractivity (Wildman–Crippen MR) is 199 cm³/mol. The van der Waals surface area contributed by atoms with E-state index in [0.717, 1.165) is 45.4 Å². The number of aryl methyl sites for hydroxylation is 2. The average Bonchev–Trinajstić information content (AvgIpc) is 3.57. The Morgan fingerprint density at radius 2 is 1.59 bits per heavy atom. The van der Waals surface area contributed by atoms with Crippen LogP contribution in [0.2, 0.25) is 0 Å². The first kappa shape index (κ1) is 36.5. The van der Waals surface area contributed by atoms with Gasteiger partial charge in [0.15, 0.2) is 0 Å². The summed E-state index contributed by atoms with van der Waals surface area (Å²) in [6, 6.07) is 24.7. The van der Waals surface area contributed by atoms with Crippen molar-refractivity contribution in [3.8, 4) is 17.2 Å². The highest BCUT2D eigenvalue weighted by molar-refractivity contribution is 7.22. The van der Waals surface area contributed by atoms with Gasteiger partial charge < -0.3 is 18.9 Å². The molecule has 0 N–H and O–H groups in total. The second-order valence-electron chi connectivity index (χ2n) is 11.6. The number of aromatic nitrogens is 1. The van der Waals surface area contributed by atoms with Crippen LogP contribution in [0.4, 0.5) is 5.13 Å². The molecule has 5 aromatic rings. The van der Waals surface area contributed by atoms with Gasteiger partial charge in [-0.1, -0.05) is 61.1 Å². The van der Waals surface area contributed by atoms with Crippen molar-refractivity contribution in [3.63, 3.8) is 0 Å². The molecule has 5 rings (SSSR count). The third kappa shape index (κ3) is 10.1. The molecule has 1 aromatic heterocycles. The lowest BCUT2D eigenvalue weighted by Crippen LogP contribution is -2.18. The molecule has 0 aliphatic rings. The third-order valence-electron chi connectivity index (χ3n) is 7.60. The zero-order valence-electron chi connectivity index (χ0n) is 28.8. The molecule has 1 heterocycles. The van der Waals surface area contributed by atoms with Crippen molar-refractivity contribution in [2.75, 3.05) is 24.8 Å². The van der Waals surface area contributed by atoms with Crippen LogP contribution in [0.1, 0.15) is 63.6 Å². The Balaban J connectivity index is 1.37. The number of hydrogen-bond donors (Lipinski definition) is 0. The molecule has 262 valence electrons. The lowest BCUT2D eigenvalue weighted by atomic mass is 10.1. The third-order valence-corrected chi connectivity index (χ3v) is 8.65. The van der Waals surface area contributed by atoms with Gasteiger partial charge in [0, 0.05) is 24.6 Å². The van der Waals surface area contributed by atoms with Crippen molar-refractivity contribution in [1.82, 2.24) is 4.98 Å². The monoisotopic (exact) mass is 705 g/mol. The molecule has 0 saturated heterocycles. The highest BCUT2D eigenvalue weighted by Gasteiger charge is 2.18. The standard InChI is InChI=1S/C40H39N3O7S/c1-5-7-21-43(40-42-33-11-8-9-12-36(33)51-40)41-26-31-25-30(39(46)49-34-19-13-27(3)24-28(34)4)16-20-35(31)50-38(45)29-14-17-32(18-15-29)47-22-10-23-48-37(44)6-2/h6,8-9,11-20,24-26H,2,5,7,10,21-23H2,1,3-4H3/b41-26+. The molecule has 0 radical (unpaired) electrons. The molecule has 0 atom stereocenters. The molecular weight excluding hydrogens is 667 g/mol. The summed E-state index contributed by atoms with van der Waals surface area (Å²) >= 11 is 1.53. The number of nitrogens with zero attached hydrogens (tertiary/aromatic N) is 3. The van der Waals surface area contributed by atoms with Gasteiger partial charge in [-0.2, -0.15) is 5.10 Å². The van der Waals surface area contributed by atoms with Gasteiger partial charge in [0.1, 0.15) is 17.2 Å². The number of hydrogen-bond acceptors (Lipinski definition) is 11. The molecular formula is C40H39N3O7S. The maximum Gasteiger partial charge on any atom is 0.343 e. The van der Waals surface area contributed by atoms with Crippen LogP contribution in [0.15, 0.2) is 103 Å². The number of rotatable bonds is 16. The van der Waals surface area contributed by atoms with Crippen LogP contribution in [0.3, 0.4) is 0 Å². The number of unbranched alkanes of at least 4 members (excludes halogenated alkanes) is 1. The van der Waals surface area contributed by atoms with Crippen molar-refractivity contribution in [3.05, 3.63) is 125 Å². The smallest absolute Gasteiger partial charge is 0.343 e. The maximum atomic E-state index is 13.3. The summed E-state index contributed by atoms with van der Waals surface area (Å²) in [5, 5.41) is 7.33. The van der Waals surface area contributed by atoms with E-state index in [1.54, 1.807) is 54.7 Å². The quantitative estimate of drug-likeness (QED) is 0.0249. The predicted octanol–water partition coefficient (Wildman–Crippen LogP) is 8.49. The summed E-state index contributed by atoms with van der Waals surface area (Å²) in [4.78, 5) is 42.6. The lowest BCUT2D eigenvalue weighted by molar-refractivity contribution is -0.137. The molecule has 0 aliphatic carbocycles. The normalized spacial score (nSPS) is 11.0. The number of hydrazone groups is 1. The summed E-state index contributed by atoms with van der Waals surface area (Å²) in [5.74, 6) is -0.433. The summed E-state index contributed by atoms with van der Waals surface area (Å²) in [6.45, 7) is 10.5. The number of fused-ring (bicyclic) bond motifs is 1. The van der Waals surface area contributed by atoms with Crippen LogP contribution in [-0.4, -0.2) is 48.9 Å². The lowest BCUT2D eigenvalue weighted by Gasteiger charge is -2.16. The first-order chi connectivity index (χ1) is 24.7. The minimum atomic E-state index is -0.604. The van der Waals surface area contributed by atoms with E-state index in [0.29, 0.717) is 42.2 Å². The Labute approximate surface area is 300 Å². The summed E-state index contributed by atoms with van der Waals surface area (Å²) in [6.07, 6.45) is 5.00. The van der Waals surface area contributed by atoms with E-state index in [-0.39, 0.29) is 17.9 Å². The van der Waals surface area contributed by atoms with E-state index in [2.05, 4.69) is 13.5 Å². The fraction of sp³-hybridized carbons (Fsp3) is 0.225. The van der Waals surface area contributed by atoms with E-state index in [4.69, 9.17) is 29.0 Å². The maximum absolute atomic E-state index is 13.3. The molecule has 0 unspecified atom stereocenters. The highest BCUT2D eigenvalue weighted by atomic mass is 32.1. The average molecular weight is 706 g/mol. The molecule has 0 amide bonds. The van der Waals surface area contributed by atoms with Crippen molar-refractivity contribution < 1.29 is 33.3 Å². The number of para-hydroxylation sites is 1. The number of carbonyl (C=O) groups excluding carboxylic acids is 3. The molecule has 0 aliphatic heterocycles. The van der Waals surface area contributed by atoms with Crippen molar-refractivity contribution >= 4 is 50.8 Å². The summed E-state index contributed by atoms with van der Waals surface area (Å²) < 4.78 is 23.3. The Morgan fingerprint density at radius 1 is 0.863 bits per heavy atom. The first-order valence-electron chi connectivity index (χ1n) is 16.6. The number of esters is 3. The van der Waals surface area contributed by atoms with E-state index < -0.39 is 17.9 Å². The molecule has 51 heavy (non-hydrogen) atoms. The van der Waals surface area contributed by atoms with Gasteiger partial charge in [-0.15, -0.1) is 0 Å². The number of thiazole rings is 1. The Bertz CT molecular complexity index is 2000. The second-order valence-corrected chi connectivity index (χ2v) is 12.6. The zero-order chi connectivity index (χ0) is 36.2. The minimum Gasteiger partial charge on any atom is -0.493 e. The fourth-order valence-electron chi connectivity index (χ4n) is 4.88. The van der Waals surface area contributed by atoms with Gasteiger partial charge in [0.25, 0.3) is 0 Å². The SMILES string of the molecule is C=CC(=O)OCCCOc1ccc(C(=O)Oc2ccc(C(=O)Oc3ccc(C)cc3C)cc2/C=N/N(CCCC)c2nc3ccccc3s2)cc1. The summed E-state index contributed by atoms with van der Waals surface area (Å²) in [5.41, 5.74) is 3.73. The van der Waals surface area contributed by atoms with Gasteiger partial charge in [0.05, 0.1) is 40.8 Å². The van der Waals surface area contributed by atoms with Crippen molar-refractivity contribution in [2.45, 2.75) is 40.0 Å². The largest absolute Gasteiger partial charge is 0.493 e. The number of anilines is 1.